The van der Waals surface area contributed by atoms with E-state index in [0.29, 0.717) is 6.67 Å². The molecule has 4 nitrogen and oxygen atoms in total. The van der Waals surface area contributed by atoms with E-state index in [0.717, 1.165) is 26.3 Å². The van der Waals surface area contributed by atoms with Crippen LogP contribution in [0.2, 0.25) is 0 Å². The summed E-state index contributed by atoms with van der Waals surface area (Å²) in [6, 6.07) is 0. The Kier molecular flexibility index (Phi) is 3.78. The summed E-state index contributed by atoms with van der Waals surface area (Å²) < 4.78 is 5.16. The molecule has 70 valence electrons. The molecule has 0 radical (unpaired) electrons. The molecule has 0 saturated carbocycles. The number of amides is 1. The Balaban J connectivity index is 2.24. The Labute approximate surface area is 77.0 Å². The van der Waals surface area contributed by atoms with Gasteiger partial charge in [0.1, 0.15) is 0 Å². The van der Waals surface area contributed by atoms with Crippen molar-refractivity contribution in [3.8, 4) is 0 Å². The first-order chi connectivity index (χ1) is 5.70. The number of halogens is 1. The van der Waals surface area contributed by atoms with Crippen LogP contribution < -0.4 is 0 Å². The Morgan fingerprint density at radius 3 is 2.67 bits per heavy atom. The zero-order valence-corrected chi connectivity index (χ0v) is 7.88. The third kappa shape index (κ3) is 2.97. The van der Waals surface area contributed by atoms with Crippen molar-refractivity contribution in [3.05, 3.63) is 0 Å². The summed E-state index contributed by atoms with van der Waals surface area (Å²) in [7, 11) is 1.69. The van der Waals surface area contributed by atoms with E-state index in [1.807, 2.05) is 0 Å². The lowest BCUT2D eigenvalue weighted by atomic mass is 10.4. The number of morpholine rings is 1. The number of nitrogens with zero attached hydrogens (tertiary/aromatic N) is 2. The quantitative estimate of drug-likeness (QED) is 0.474. The molecule has 0 atom stereocenters. The Morgan fingerprint density at radius 2 is 2.17 bits per heavy atom. The molecule has 1 rings (SSSR count). The molecule has 1 aliphatic heterocycles. The number of ether oxygens (including phenoxy) is 1. The van der Waals surface area contributed by atoms with Gasteiger partial charge < -0.3 is 9.64 Å². The van der Waals surface area contributed by atoms with E-state index in [1.54, 1.807) is 7.05 Å². The Morgan fingerprint density at radius 1 is 1.58 bits per heavy atom. The Bertz CT molecular complexity index is 159. The van der Waals surface area contributed by atoms with E-state index in [-0.39, 0.29) is 0 Å². The number of carbonyl (C=O) groups excluding carboxylic acids is 1. The van der Waals surface area contributed by atoms with Crippen LogP contribution in [-0.4, -0.2) is 55.2 Å². The molecule has 1 aliphatic rings. The smallest absolute Gasteiger partial charge is 0.317 e. The molecule has 0 aromatic carbocycles. The molecule has 1 heterocycles. The van der Waals surface area contributed by atoms with Gasteiger partial charge in [0.15, 0.2) is 0 Å². The average molecular weight is 193 g/mol. The molecule has 5 heteroatoms. The highest BCUT2D eigenvalue weighted by Crippen LogP contribution is 2.00. The van der Waals surface area contributed by atoms with Crippen LogP contribution in [0.1, 0.15) is 0 Å². The van der Waals surface area contributed by atoms with E-state index in [2.05, 4.69) is 4.90 Å². The van der Waals surface area contributed by atoms with E-state index in [9.17, 15) is 4.79 Å². The van der Waals surface area contributed by atoms with Gasteiger partial charge in [-0.15, -0.1) is 0 Å². The van der Waals surface area contributed by atoms with Gasteiger partial charge in [0.05, 0.1) is 19.9 Å². The van der Waals surface area contributed by atoms with Gasteiger partial charge in [-0.1, -0.05) is 0 Å². The minimum absolute atomic E-state index is 0.415. The van der Waals surface area contributed by atoms with Gasteiger partial charge in [-0.05, 0) is 11.6 Å². The number of rotatable bonds is 2. The zero-order chi connectivity index (χ0) is 8.97. The molecule has 0 aliphatic carbocycles. The topological polar surface area (TPSA) is 32.8 Å². The summed E-state index contributed by atoms with van der Waals surface area (Å²) in [6.45, 7) is 3.81. The third-order valence-corrected chi connectivity index (χ3v) is 2.10. The molecular formula is C7H13ClN2O2. The average Bonchev–Trinajstić information content (AvgIpc) is 2.06. The summed E-state index contributed by atoms with van der Waals surface area (Å²) in [4.78, 5) is 14.3. The predicted octanol–water partition coefficient (Wildman–Crippen LogP) is 0.567. The van der Waals surface area contributed by atoms with Crippen molar-refractivity contribution < 1.29 is 9.53 Å². The van der Waals surface area contributed by atoms with Crippen LogP contribution in [0.5, 0.6) is 0 Å². The molecule has 0 aromatic heterocycles. The van der Waals surface area contributed by atoms with Crippen LogP contribution in [0.15, 0.2) is 0 Å². The second kappa shape index (κ2) is 4.64. The van der Waals surface area contributed by atoms with Crippen molar-refractivity contribution in [1.82, 2.24) is 9.80 Å². The highest BCUT2D eigenvalue weighted by atomic mass is 35.5. The molecule has 0 spiro atoms. The SMILES string of the molecule is CN(CN1CCOCC1)C(=O)Cl. The molecule has 1 saturated heterocycles. The summed E-state index contributed by atoms with van der Waals surface area (Å²) >= 11 is 5.28. The summed E-state index contributed by atoms with van der Waals surface area (Å²) in [5.74, 6) is 0. The molecule has 0 bridgehead atoms. The van der Waals surface area contributed by atoms with Gasteiger partial charge in [-0.3, -0.25) is 9.69 Å². The Hall–Kier alpha value is -0.320. The first-order valence-corrected chi connectivity index (χ1v) is 4.28. The van der Waals surface area contributed by atoms with Crippen LogP contribution in [0.25, 0.3) is 0 Å². The molecule has 0 aromatic rings. The number of hydrogen-bond acceptors (Lipinski definition) is 3. The molecule has 0 N–H and O–H groups in total. The second-order valence-electron chi connectivity index (χ2n) is 2.82. The van der Waals surface area contributed by atoms with Gasteiger partial charge in [-0.2, -0.15) is 0 Å². The summed E-state index contributed by atoms with van der Waals surface area (Å²) in [5.41, 5.74) is 0. The van der Waals surface area contributed by atoms with Crippen molar-refractivity contribution in [1.29, 1.82) is 0 Å². The predicted molar refractivity (Wildman–Crippen MR) is 46.3 cm³/mol. The van der Waals surface area contributed by atoms with Crippen LogP contribution in [0.3, 0.4) is 0 Å². The maximum atomic E-state index is 10.7. The maximum absolute atomic E-state index is 10.7. The van der Waals surface area contributed by atoms with Gasteiger partial charge in [0.2, 0.25) is 0 Å². The number of hydrogen-bond donors (Lipinski definition) is 0. The van der Waals surface area contributed by atoms with E-state index in [4.69, 9.17) is 16.3 Å². The van der Waals surface area contributed by atoms with Gasteiger partial charge in [0, 0.05) is 20.1 Å². The van der Waals surface area contributed by atoms with Gasteiger partial charge in [-0.25, -0.2) is 0 Å². The lowest BCUT2D eigenvalue weighted by Crippen LogP contribution is -2.43. The van der Waals surface area contributed by atoms with E-state index in [1.165, 1.54) is 4.90 Å². The van der Waals surface area contributed by atoms with Gasteiger partial charge in [0.25, 0.3) is 0 Å². The highest BCUT2D eigenvalue weighted by molar-refractivity contribution is 6.62. The largest absolute Gasteiger partial charge is 0.379 e. The lowest BCUT2D eigenvalue weighted by Gasteiger charge is -2.29. The van der Waals surface area contributed by atoms with Crippen LogP contribution in [-0.2, 0) is 4.74 Å². The molecular weight excluding hydrogens is 180 g/mol. The van der Waals surface area contributed by atoms with E-state index >= 15 is 0 Å². The molecule has 1 fully saturated rings. The van der Waals surface area contributed by atoms with Crippen molar-refractivity contribution in [2.75, 3.05) is 40.0 Å². The minimum Gasteiger partial charge on any atom is -0.379 e. The zero-order valence-electron chi connectivity index (χ0n) is 7.12. The van der Waals surface area contributed by atoms with Gasteiger partial charge >= 0.3 is 5.37 Å². The van der Waals surface area contributed by atoms with Crippen LogP contribution in [0.4, 0.5) is 4.79 Å². The van der Waals surface area contributed by atoms with E-state index < -0.39 is 5.37 Å². The maximum Gasteiger partial charge on any atom is 0.317 e. The third-order valence-electron chi connectivity index (χ3n) is 1.82. The lowest BCUT2D eigenvalue weighted by molar-refractivity contribution is 0.0220. The highest BCUT2D eigenvalue weighted by Gasteiger charge is 2.13. The second-order valence-corrected chi connectivity index (χ2v) is 3.15. The molecule has 0 unspecified atom stereocenters. The fourth-order valence-corrected chi connectivity index (χ4v) is 1.15. The standard InChI is InChI=1S/C7H13ClN2O2/c1-9(7(8)11)6-10-2-4-12-5-3-10/h2-6H2,1H3. The fraction of sp³-hybridized carbons (Fsp3) is 0.857. The van der Waals surface area contributed by atoms with Crippen LogP contribution in [0, 0.1) is 0 Å². The van der Waals surface area contributed by atoms with Crippen molar-refractivity contribution in [3.63, 3.8) is 0 Å². The normalized spacial score (nSPS) is 19.2. The van der Waals surface area contributed by atoms with Crippen molar-refractivity contribution >= 4 is 17.0 Å². The molecule has 12 heavy (non-hydrogen) atoms. The number of carbonyl (C=O) groups is 1. The van der Waals surface area contributed by atoms with Crippen molar-refractivity contribution in [2.45, 2.75) is 0 Å². The minimum atomic E-state index is -0.415. The fourth-order valence-electron chi connectivity index (χ4n) is 1.10. The first-order valence-electron chi connectivity index (χ1n) is 3.91. The van der Waals surface area contributed by atoms with Crippen molar-refractivity contribution in [2.24, 2.45) is 0 Å². The monoisotopic (exact) mass is 192 g/mol. The molecule has 1 amide bonds. The summed E-state index contributed by atoms with van der Waals surface area (Å²) in [5, 5.41) is -0.415. The summed E-state index contributed by atoms with van der Waals surface area (Å²) in [6.07, 6.45) is 0. The van der Waals surface area contributed by atoms with Crippen LogP contribution >= 0.6 is 11.6 Å². The first kappa shape index (κ1) is 9.77.